The fourth-order valence-corrected chi connectivity index (χ4v) is 6.69. The van der Waals surface area contributed by atoms with Gasteiger partial charge >= 0.3 is 0 Å². The Morgan fingerprint density at radius 1 is 1.19 bits per heavy atom. The molecule has 0 saturated carbocycles. The molecule has 0 radical (unpaired) electrons. The van der Waals surface area contributed by atoms with Crippen LogP contribution in [0.4, 0.5) is 0 Å². The van der Waals surface area contributed by atoms with Gasteiger partial charge in [0, 0.05) is 40.0 Å². The molecule has 2 aromatic heterocycles. The first-order valence-corrected chi connectivity index (χ1v) is 12.0. The van der Waals surface area contributed by atoms with Gasteiger partial charge in [-0.05, 0) is 18.2 Å². The maximum atomic E-state index is 12.6. The topological polar surface area (TPSA) is 59.5 Å². The van der Waals surface area contributed by atoms with E-state index in [-0.39, 0.29) is 4.90 Å². The Labute approximate surface area is 171 Å². The Morgan fingerprint density at radius 2 is 1.96 bits per heavy atom. The molecule has 0 unspecified atom stereocenters. The lowest BCUT2D eigenvalue weighted by Crippen LogP contribution is -2.40. The molecule has 3 aromatic rings. The Balaban J connectivity index is 1.47. The predicted octanol–water partition coefficient (Wildman–Crippen LogP) is 4.26. The first-order chi connectivity index (χ1) is 13.1. The fraction of sp³-hybridized carbons (Fsp3) is 0.278. The Bertz CT molecular complexity index is 1050. The minimum absolute atomic E-state index is 0.216. The summed E-state index contributed by atoms with van der Waals surface area (Å²) in [5.41, 5.74) is 0. The maximum absolute atomic E-state index is 12.6. The Morgan fingerprint density at radius 3 is 2.67 bits per heavy atom. The summed E-state index contributed by atoms with van der Waals surface area (Å²) < 4.78 is 33.1. The first-order valence-electron chi connectivity index (χ1n) is 8.38. The zero-order chi connectivity index (χ0) is 18.9. The number of hydrogen-bond acceptors (Lipinski definition) is 6. The average molecular weight is 441 g/mol. The summed E-state index contributed by atoms with van der Waals surface area (Å²) in [4.78, 5) is 5.63. The van der Waals surface area contributed by atoms with Gasteiger partial charge in [0.15, 0.2) is 0 Å². The minimum Gasteiger partial charge on any atom is -0.379 e. The number of hydrogen-bond donors (Lipinski definition) is 0. The van der Waals surface area contributed by atoms with E-state index >= 15 is 0 Å². The number of pyridine rings is 1. The van der Waals surface area contributed by atoms with Crippen molar-refractivity contribution in [2.45, 2.75) is 15.7 Å². The van der Waals surface area contributed by atoms with E-state index in [0.717, 1.165) is 25.0 Å². The van der Waals surface area contributed by atoms with Crippen molar-refractivity contribution < 1.29 is 13.2 Å². The second kappa shape index (κ2) is 8.06. The number of benzene rings is 1. The van der Waals surface area contributed by atoms with Crippen LogP contribution in [-0.2, 0) is 20.5 Å². The highest BCUT2D eigenvalue weighted by Gasteiger charge is 2.26. The third-order valence-electron chi connectivity index (χ3n) is 4.27. The molecule has 0 bridgehead atoms. The van der Waals surface area contributed by atoms with E-state index in [1.807, 2.05) is 18.2 Å². The van der Waals surface area contributed by atoms with Gasteiger partial charge in [-0.3, -0.25) is 0 Å². The van der Waals surface area contributed by atoms with E-state index in [2.05, 4.69) is 11.1 Å². The summed E-state index contributed by atoms with van der Waals surface area (Å²) in [6.45, 7) is 1.61. The van der Waals surface area contributed by atoms with Crippen LogP contribution in [0.1, 0.15) is 4.88 Å². The van der Waals surface area contributed by atoms with E-state index < -0.39 is 10.0 Å². The summed E-state index contributed by atoms with van der Waals surface area (Å²) in [6, 6.07) is 11.4. The molecular formula is C18H17ClN2O3S3. The van der Waals surface area contributed by atoms with Crippen LogP contribution in [-0.4, -0.2) is 44.0 Å². The third-order valence-corrected chi connectivity index (χ3v) is 9.02. The lowest BCUT2D eigenvalue weighted by atomic mass is 10.2. The number of thioether (sulfide) groups is 1. The van der Waals surface area contributed by atoms with Crippen LogP contribution in [0.5, 0.6) is 0 Å². The quantitative estimate of drug-likeness (QED) is 0.554. The maximum Gasteiger partial charge on any atom is 0.244 e. The summed E-state index contributed by atoms with van der Waals surface area (Å²) in [5.74, 6) is 0.695. The van der Waals surface area contributed by atoms with Crippen molar-refractivity contribution in [1.29, 1.82) is 0 Å². The highest BCUT2D eigenvalue weighted by molar-refractivity contribution is 7.98. The number of sulfonamides is 1. The largest absolute Gasteiger partial charge is 0.379 e. The van der Waals surface area contributed by atoms with Gasteiger partial charge in [-0.15, -0.1) is 23.1 Å². The molecule has 0 N–H and O–H groups in total. The SMILES string of the molecule is O=S(=O)(c1ccc(SCc2sc3ccccc3c2Cl)nc1)N1CCOCC1. The predicted molar refractivity (Wildman–Crippen MR) is 110 cm³/mol. The second-order valence-electron chi connectivity index (χ2n) is 5.97. The van der Waals surface area contributed by atoms with Crippen molar-refractivity contribution in [3.8, 4) is 0 Å². The monoisotopic (exact) mass is 440 g/mol. The van der Waals surface area contributed by atoms with Crippen LogP contribution in [0.15, 0.2) is 52.5 Å². The summed E-state index contributed by atoms with van der Waals surface area (Å²) in [6.07, 6.45) is 1.43. The third kappa shape index (κ3) is 4.01. The van der Waals surface area contributed by atoms with Gasteiger partial charge in [0.05, 0.1) is 23.3 Å². The molecule has 9 heteroatoms. The normalized spacial score (nSPS) is 16.0. The zero-order valence-corrected chi connectivity index (χ0v) is 17.5. The molecule has 5 nitrogen and oxygen atoms in total. The molecule has 27 heavy (non-hydrogen) atoms. The number of halogens is 1. The number of thiophene rings is 1. The Kier molecular flexibility index (Phi) is 5.73. The van der Waals surface area contributed by atoms with Crippen LogP contribution in [0.25, 0.3) is 10.1 Å². The summed E-state index contributed by atoms with van der Waals surface area (Å²) in [5, 5.41) is 2.62. The van der Waals surface area contributed by atoms with Crippen LogP contribution in [0.3, 0.4) is 0 Å². The van der Waals surface area contributed by atoms with Crippen LogP contribution in [0, 0.1) is 0 Å². The van der Waals surface area contributed by atoms with Crippen molar-refractivity contribution in [2.75, 3.05) is 26.3 Å². The van der Waals surface area contributed by atoms with Gasteiger partial charge in [-0.25, -0.2) is 13.4 Å². The smallest absolute Gasteiger partial charge is 0.244 e. The molecule has 1 aliphatic rings. The average Bonchev–Trinajstić information content (AvgIpc) is 3.03. The number of fused-ring (bicyclic) bond motifs is 1. The molecule has 0 spiro atoms. The molecule has 1 aliphatic heterocycles. The number of rotatable bonds is 5. The zero-order valence-electron chi connectivity index (χ0n) is 14.3. The minimum atomic E-state index is -3.51. The van der Waals surface area contributed by atoms with E-state index in [4.69, 9.17) is 16.3 Å². The second-order valence-corrected chi connectivity index (χ2v) is 10.4. The highest BCUT2D eigenvalue weighted by Crippen LogP contribution is 2.38. The highest BCUT2D eigenvalue weighted by atomic mass is 35.5. The molecule has 1 fully saturated rings. The fourth-order valence-electron chi connectivity index (χ4n) is 2.84. The molecule has 3 heterocycles. The van der Waals surface area contributed by atoms with Crippen molar-refractivity contribution in [2.24, 2.45) is 0 Å². The molecule has 0 atom stereocenters. The van der Waals surface area contributed by atoms with Crippen molar-refractivity contribution in [3.05, 3.63) is 52.5 Å². The first kappa shape index (κ1) is 19.2. The molecular weight excluding hydrogens is 424 g/mol. The number of nitrogens with zero attached hydrogens (tertiary/aromatic N) is 2. The van der Waals surface area contributed by atoms with E-state index in [1.165, 1.54) is 10.5 Å². The molecule has 1 saturated heterocycles. The van der Waals surface area contributed by atoms with Gasteiger partial charge in [0.25, 0.3) is 0 Å². The molecule has 4 rings (SSSR count). The van der Waals surface area contributed by atoms with E-state index in [9.17, 15) is 8.42 Å². The van der Waals surface area contributed by atoms with Crippen LogP contribution >= 0.6 is 34.7 Å². The molecule has 0 amide bonds. The standard InChI is InChI=1S/C18H17ClN2O3S3/c19-18-14-3-1-2-4-15(14)26-16(18)12-25-17-6-5-13(11-20-17)27(22,23)21-7-9-24-10-8-21/h1-6,11H,7-10,12H2. The van der Waals surface area contributed by atoms with E-state index in [0.29, 0.717) is 32.1 Å². The lowest BCUT2D eigenvalue weighted by Gasteiger charge is -2.25. The number of ether oxygens (including phenoxy) is 1. The lowest BCUT2D eigenvalue weighted by molar-refractivity contribution is 0.0730. The molecule has 1 aromatic carbocycles. The van der Waals surface area contributed by atoms with Gasteiger partial charge in [-0.1, -0.05) is 29.8 Å². The Hall–Kier alpha value is -1.16. The van der Waals surface area contributed by atoms with Gasteiger partial charge in [-0.2, -0.15) is 4.31 Å². The molecule has 0 aliphatic carbocycles. The number of morpholine rings is 1. The van der Waals surface area contributed by atoms with Crippen molar-refractivity contribution in [3.63, 3.8) is 0 Å². The van der Waals surface area contributed by atoms with Gasteiger partial charge < -0.3 is 4.74 Å². The number of aromatic nitrogens is 1. The van der Waals surface area contributed by atoms with Crippen LogP contribution < -0.4 is 0 Å². The van der Waals surface area contributed by atoms with E-state index in [1.54, 1.807) is 35.2 Å². The van der Waals surface area contributed by atoms with Gasteiger partial charge in [0.2, 0.25) is 10.0 Å². The summed E-state index contributed by atoms with van der Waals surface area (Å²) >= 11 is 9.69. The van der Waals surface area contributed by atoms with Crippen molar-refractivity contribution >= 4 is 54.8 Å². The van der Waals surface area contributed by atoms with Gasteiger partial charge in [0.1, 0.15) is 4.90 Å². The van der Waals surface area contributed by atoms with Crippen molar-refractivity contribution in [1.82, 2.24) is 9.29 Å². The van der Waals surface area contributed by atoms with Crippen LogP contribution in [0.2, 0.25) is 5.02 Å². The summed E-state index contributed by atoms with van der Waals surface area (Å²) in [7, 11) is -3.51. The molecule has 142 valence electrons.